The van der Waals surface area contributed by atoms with E-state index < -0.39 is 20.2 Å². The van der Waals surface area contributed by atoms with E-state index in [0.717, 1.165) is 27.4 Å². The van der Waals surface area contributed by atoms with Gasteiger partial charge in [-0.3, -0.25) is 18.5 Å². The molecule has 5 aromatic rings. The Bertz CT molecular complexity index is 1950. The molecular weight excluding hydrogens is 672 g/mol. The van der Waals surface area contributed by atoms with Gasteiger partial charge in [-0.05, 0) is 69.7 Å². The average molecular weight is 705 g/mol. The predicted octanol–water partition coefficient (Wildman–Crippen LogP) is 6.03. The number of halogens is 1. The molecule has 0 saturated carbocycles. The van der Waals surface area contributed by atoms with Crippen LogP contribution in [0.15, 0.2) is 88.7 Å². The summed E-state index contributed by atoms with van der Waals surface area (Å²) in [6.45, 7) is 7.84. The largest absolute Gasteiger partial charge is 0.324 e. The van der Waals surface area contributed by atoms with Gasteiger partial charge in [0.15, 0.2) is 11.6 Å². The van der Waals surface area contributed by atoms with E-state index in [2.05, 4.69) is 17.1 Å². The van der Waals surface area contributed by atoms with Gasteiger partial charge >= 0.3 is 0 Å². The maximum Gasteiger partial charge on any atom is 0.294 e. The molecule has 0 aliphatic carbocycles. The van der Waals surface area contributed by atoms with Gasteiger partial charge in [0, 0.05) is 10.4 Å². The molecule has 5 rings (SSSR count). The van der Waals surface area contributed by atoms with Crippen LogP contribution in [-0.2, 0) is 33.2 Å². The van der Waals surface area contributed by atoms with Gasteiger partial charge in [0.05, 0.1) is 26.9 Å². The predicted molar refractivity (Wildman–Crippen MR) is 178 cm³/mol. The van der Waals surface area contributed by atoms with Crippen molar-refractivity contribution < 1.29 is 30.7 Å². The summed E-state index contributed by atoms with van der Waals surface area (Å²) in [6.07, 6.45) is 0.840. The van der Waals surface area contributed by atoms with E-state index in [0.29, 0.717) is 27.8 Å². The Morgan fingerprint density at radius 1 is 0.826 bits per heavy atom. The maximum atomic E-state index is 13.1. The number of ketones is 1. The molecule has 244 valence electrons. The van der Waals surface area contributed by atoms with Crippen LogP contribution in [0.25, 0.3) is 5.00 Å². The minimum atomic E-state index is -4.02. The van der Waals surface area contributed by atoms with Gasteiger partial charge in [-0.1, -0.05) is 66.0 Å². The van der Waals surface area contributed by atoms with Crippen LogP contribution in [0.1, 0.15) is 50.5 Å². The third-order valence-corrected chi connectivity index (χ3v) is 9.72. The molecule has 15 heteroatoms. The molecule has 0 aliphatic rings. The Hall–Kier alpha value is -3.76. The van der Waals surface area contributed by atoms with Gasteiger partial charge in [-0.15, -0.1) is 21.5 Å². The van der Waals surface area contributed by atoms with E-state index in [1.807, 2.05) is 37.5 Å². The number of hydrogen-bond acceptors (Lipinski definition) is 9. The second-order valence-electron chi connectivity index (χ2n) is 9.87. The lowest BCUT2D eigenvalue weighted by Gasteiger charge is -2.09. The Balaban J connectivity index is 0.000000217. The lowest BCUT2D eigenvalue weighted by molar-refractivity contribution is 0.103. The number of rotatable bonds is 7. The van der Waals surface area contributed by atoms with Crippen molar-refractivity contribution in [3.8, 4) is 5.00 Å². The smallest absolute Gasteiger partial charge is 0.294 e. The fourth-order valence-corrected chi connectivity index (χ4v) is 6.29. The molecule has 0 aliphatic heterocycles. The van der Waals surface area contributed by atoms with Gasteiger partial charge < -0.3 is 5.73 Å². The van der Waals surface area contributed by atoms with E-state index in [9.17, 15) is 21.6 Å². The molecule has 46 heavy (non-hydrogen) atoms. The highest BCUT2D eigenvalue weighted by Crippen LogP contribution is 2.32. The minimum absolute atomic E-state index is 0.0666. The first kappa shape index (κ1) is 36.7. The summed E-state index contributed by atoms with van der Waals surface area (Å²) in [5, 5.41) is 9.42. The van der Waals surface area contributed by atoms with Crippen molar-refractivity contribution in [2.24, 2.45) is 5.73 Å². The summed E-state index contributed by atoms with van der Waals surface area (Å²) >= 11 is 7.76. The van der Waals surface area contributed by atoms with E-state index in [1.54, 1.807) is 53.8 Å². The first-order chi connectivity index (χ1) is 21.6. The first-order valence-electron chi connectivity index (χ1n) is 13.7. The number of aryl methyl sites for hydroxylation is 4. The van der Waals surface area contributed by atoms with Crippen LogP contribution >= 0.6 is 22.9 Å². The number of benzene rings is 3. The summed E-state index contributed by atoms with van der Waals surface area (Å²) in [5.41, 5.74) is 8.78. The summed E-state index contributed by atoms with van der Waals surface area (Å²) in [6, 6.07) is 21.0. The zero-order valence-electron chi connectivity index (χ0n) is 25.4. The minimum Gasteiger partial charge on any atom is -0.324 e. The SMILES string of the molecule is CCc1cc(C(=O)c2ccccc2Cl)c(-n2c(C)nnc2CN)s1.Cc1ccc(S(=O)(=O)O)cc1.Cc1ccc(S(=O)(=O)O)cc1. The molecule has 0 radical (unpaired) electrons. The van der Waals surface area contributed by atoms with Gasteiger partial charge in [0.2, 0.25) is 0 Å². The van der Waals surface area contributed by atoms with E-state index in [1.165, 1.54) is 24.3 Å². The number of carbonyl (C=O) groups excluding carboxylic acids is 1. The molecule has 0 unspecified atom stereocenters. The molecule has 0 amide bonds. The summed E-state index contributed by atoms with van der Waals surface area (Å²) < 4.78 is 61.0. The Labute approximate surface area is 277 Å². The van der Waals surface area contributed by atoms with E-state index in [-0.39, 0.29) is 22.1 Å². The molecule has 2 heterocycles. The molecule has 0 fully saturated rings. The third kappa shape index (κ3) is 9.62. The normalized spacial score (nSPS) is 11.2. The van der Waals surface area contributed by atoms with Crippen LogP contribution in [0.4, 0.5) is 0 Å². The second-order valence-corrected chi connectivity index (χ2v) is 14.2. The molecule has 0 spiro atoms. The van der Waals surface area contributed by atoms with Crippen molar-refractivity contribution in [2.75, 3.05) is 0 Å². The summed E-state index contributed by atoms with van der Waals surface area (Å²) in [7, 11) is -8.04. The Kier molecular flexibility index (Phi) is 12.5. The second kappa shape index (κ2) is 15.7. The number of nitrogens with two attached hydrogens (primary N) is 1. The van der Waals surface area contributed by atoms with Gasteiger partial charge in [-0.2, -0.15) is 16.8 Å². The van der Waals surface area contributed by atoms with Crippen molar-refractivity contribution in [3.63, 3.8) is 0 Å². The number of hydrogen-bond donors (Lipinski definition) is 3. The molecule has 0 bridgehead atoms. The quantitative estimate of drug-likeness (QED) is 0.134. The van der Waals surface area contributed by atoms with Crippen molar-refractivity contribution in [1.29, 1.82) is 0 Å². The Morgan fingerprint density at radius 2 is 1.33 bits per heavy atom. The highest BCUT2D eigenvalue weighted by atomic mass is 35.5. The zero-order valence-corrected chi connectivity index (χ0v) is 28.6. The topological polar surface area (TPSA) is 183 Å². The van der Waals surface area contributed by atoms with Crippen LogP contribution < -0.4 is 5.73 Å². The fourth-order valence-electron chi connectivity index (χ4n) is 3.95. The van der Waals surface area contributed by atoms with Gasteiger partial charge in [0.1, 0.15) is 10.8 Å². The zero-order chi connectivity index (χ0) is 34.2. The standard InChI is InChI=1S/C17H17ClN4OS.2C7H8O3S/c1-3-11-8-13(16(23)12-6-4-5-7-14(12)18)17(24-11)22-10(2)20-21-15(22)9-19;2*1-6-2-4-7(5-3-6)11(8,9)10/h4-8H,3,9,19H2,1-2H3;2*2-5H,1H3,(H,8,9,10). The number of thiophene rings is 1. The summed E-state index contributed by atoms with van der Waals surface area (Å²) in [4.78, 5) is 14.0. The maximum absolute atomic E-state index is 13.1. The first-order valence-corrected chi connectivity index (χ1v) is 17.8. The number of nitrogens with zero attached hydrogens (tertiary/aromatic N) is 3. The third-order valence-electron chi connectivity index (χ3n) is 6.39. The number of aromatic nitrogens is 3. The Morgan fingerprint density at radius 3 is 1.76 bits per heavy atom. The molecule has 2 aromatic heterocycles. The van der Waals surface area contributed by atoms with Crippen molar-refractivity contribution >= 4 is 49.0 Å². The molecule has 0 saturated heterocycles. The van der Waals surface area contributed by atoms with Crippen LogP contribution in [-0.4, -0.2) is 46.5 Å². The monoisotopic (exact) mass is 704 g/mol. The van der Waals surface area contributed by atoms with E-state index >= 15 is 0 Å². The van der Waals surface area contributed by atoms with Gasteiger partial charge in [0.25, 0.3) is 20.2 Å². The lowest BCUT2D eigenvalue weighted by Crippen LogP contribution is -2.11. The van der Waals surface area contributed by atoms with Crippen molar-refractivity contribution in [2.45, 2.75) is 50.5 Å². The fraction of sp³-hybridized carbons (Fsp3) is 0.194. The lowest BCUT2D eigenvalue weighted by atomic mass is 10.0. The molecule has 3 aromatic carbocycles. The highest BCUT2D eigenvalue weighted by molar-refractivity contribution is 7.86. The average Bonchev–Trinajstić information content (AvgIpc) is 3.60. The van der Waals surface area contributed by atoms with Crippen molar-refractivity contribution in [1.82, 2.24) is 14.8 Å². The van der Waals surface area contributed by atoms with Crippen LogP contribution in [0.3, 0.4) is 0 Å². The number of carbonyl (C=O) groups is 1. The van der Waals surface area contributed by atoms with Crippen LogP contribution in [0.2, 0.25) is 5.02 Å². The van der Waals surface area contributed by atoms with Gasteiger partial charge in [-0.25, -0.2) is 0 Å². The molecule has 0 atom stereocenters. The van der Waals surface area contributed by atoms with Crippen LogP contribution in [0, 0.1) is 20.8 Å². The van der Waals surface area contributed by atoms with E-state index in [4.69, 9.17) is 26.4 Å². The highest BCUT2D eigenvalue weighted by Gasteiger charge is 2.23. The molecule has 11 nitrogen and oxygen atoms in total. The van der Waals surface area contributed by atoms with Crippen LogP contribution in [0.5, 0.6) is 0 Å². The summed E-state index contributed by atoms with van der Waals surface area (Å²) in [5.74, 6) is 1.22. The molecule has 4 N–H and O–H groups in total. The van der Waals surface area contributed by atoms with Crippen molar-refractivity contribution in [3.05, 3.63) is 123 Å². The molecular formula is C31H33ClN4O7S3.